The normalized spacial score (nSPS) is 11.4. The van der Waals surface area contributed by atoms with Gasteiger partial charge in [-0.15, -0.1) is 0 Å². The van der Waals surface area contributed by atoms with Gasteiger partial charge in [0.05, 0.1) is 26.2 Å². The molecule has 0 heterocycles. The van der Waals surface area contributed by atoms with Gasteiger partial charge < -0.3 is 5.11 Å². The predicted octanol–water partition coefficient (Wildman–Crippen LogP) is 8.35. The van der Waals surface area contributed by atoms with Crippen molar-refractivity contribution < 1.29 is 40.2 Å². The van der Waals surface area contributed by atoms with Gasteiger partial charge in [0, 0.05) is 17.2 Å². The lowest BCUT2D eigenvalue weighted by molar-refractivity contribution is -0.138. The molecule has 0 fully saturated rings. The molecule has 1 N–H and O–H groups in total. The van der Waals surface area contributed by atoms with Crippen molar-refractivity contribution in [1.82, 2.24) is 0 Å². The van der Waals surface area contributed by atoms with Gasteiger partial charge in [-0.25, -0.2) is 8.78 Å². The van der Waals surface area contributed by atoms with E-state index in [4.69, 9.17) is 16.9 Å². The fraction of sp³-hybridized carbons (Fsp3) is 0.0952. The maximum atomic E-state index is 13.8. The van der Waals surface area contributed by atoms with Crippen molar-refractivity contribution in [3.05, 3.63) is 86.4 Å². The van der Waals surface area contributed by atoms with Crippen molar-refractivity contribution in [3.63, 3.8) is 0 Å². The third kappa shape index (κ3) is 6.58. The van der Waals surface area contributed by atoms with Gasteiger partial charge in [0.1, 0.15) is 23.5 Å². The first kappa shape index (κ1) is 26.4. The molecule has 0 saturated heterocycles. The van der Waals surface area contributed by atoms with Gasteiger partial charge in [0.25, 0.3) is 0 Å². The van der Waals surface area contributed by atoms with Crippen LogP contribution in [0.4, 0.5) is 35.1 Å². The van der Waals surface area contributed by atoms with Gasteiger partial charge in [-0.1, -0.05) is 11.6 Å². The molecular weight excluding hydrogens is 550 g/mol. The summed E-state index contributed by atoms with van der Waals surface area (Å²) in [4.78, 5) is 0. The molecule has 0 amide bonds. The maximum absolute atomic E-state index is 13.8. The van der Waals surface area contributed by atoms with E-state index >= 15 is 0 Å². The monoisotopic (exact) mass is 557 g/mol. The number of halogens is 10. The van der Waals surface area contributed by atoms with Crippen LogP contribution in [-0.2, 0) is 12.4 Å². The van der Waals surface area contributed by atoms with Crippen LogP contribution in [0.5, 0.6) is 5.75 Å². The van der Waals surface area contributed by atoms with Crippen LogP contribution in [0.2, 0.25) is 5.02 Å². The van der Waals surface area contributed by atoms with Crippen molar-refractivity contribution >= 4 is 27.5 Å². The van der Waals surface area contributed by atoms with E-state index in [-0.39, 0.29) is 20.6 Å². The molecule has 12 heteroatoms. The lowest BCUT2D eigenvalue weighted by Gasteiger charge is -2.12. The molecule has 33 heavy (non-hydrogen) atoms. The van der Waals surface area contributed by atoms with Crippen molar-refractivity contribution in [2.45, 2.75) is 12.4 Å². The summed E-state index contributed by atoms with van der Waals surface area (Å²) in [6.07, 6.45) is -9.07. The van der Waals surface area contributed by atoms with Crippen LogP contribution in [0.3, 0.4) is 0 Å². The summed E-state index contributed by atoms with van der Waals surface area (Å²) in [5.41, 5.74) is -2.71. The van der Waals surface area contributed by atoms with E-state index in [1.54, 1.807) is 6.07 Å². The minimum Gasteiger partial charge on any atom is -0.507 e. The van der Waals surface area contributed by atoms with Crippen molar-refractivity contribution in [3.8, 4) is 22.9 Å². The second-order valence-electron chi connectivity index (χ2n) is 6.28. The van der Waals surface area contributed by atoms with Crippen LogP contribution in [0.25, 0.3) is 11.1 Å². The zero-order valence-electron chi connectivity index (χ0n) is 15.8. The Morgan fingerprint density at radius 1 is 0.788 bits per heavy atom. The first-order valence-electron chi connectivity index (χ1n) is 8.47. The van der Waals surface area contributed by atoms with Gasteiger partial charge in [0.2, 0.25) is 0 Å². The third-order valence-electron chi connectivity index (χ3n) is 4.04. The maximum Gasteiger partial charge on any atom is 0.416 e. The van der Waals surface area contributed by atoms with Gasteiger partial charge in [-0.05, 0) is 58.4 Å². The molecule has 174 valence electrons. The Morgan fingerprint density at radius 3 is 1.79 bits per heavy atom. The zero-order chi connectivity index (χ0) is 25.1. The highest BCUT2D eigenvalue weighted by molar-refractivity contribution is 9.10. The highest BCUT2D eigenvalue weighted by Gasteiger charge is 2.32. The van der Waals surface area contributed by atoms with Gasteiger partial charge in [-0.3, -0.25) is 0 Å². The van der Waals surface area contributed by atoms with E-state index < -0.39 is 46.4 Å². The standard InChI is InChI=1S/C14H6ClF4NO.C7H3BrF4/c15-11-5-13(21)10(3-7(11)6-20)9-4-8(14(17,18)19)1-2-12(9)16;8-5-3-4(7(10,11)12)1-2-6(5)9/h1-5,21H;1-3H. The second kappa shape index (κ2) is 9.97. The van der Waals surface area contributed by atoms with E-state index in [1.807, 2.05) is 0 Å². The molecular formula is C21H9BrClF8NO. The lowest BCUT2D eigenvalue weighted by Crippen LogP contribution is -2.05. The number of nitriles is 1. The quantitative estimate of drug-likeness (QED) is 0.305. The smallest absolute Gasteiger partial charge is 0.416 e. The predicted molar refractivity (Wildman–Crippen MR) is 107 cm³/mol. The van der Waals surface area contributed by atoms with Crippen molar-refractivity contribution in [2.75, 3.05) is 0 Å². The summed E-state index contributed by atoms with van der Waals surface area (Å²) in [5, 5.41) is 18.5. The van der Waals surface area contributed by atoms with Gasteiger partial charge in [0.15, 0.2) is 0 Å². The van der Waals surface area contributed by atoms with Crippen molar-refractivity contribution in [1.29, 1.82) is 5.26 Å². The van der Waals surface area contributed by atoms with Crippen LogP contribution in [0, 0.1) is 23.0 Å². The number of hydrogen-bond donors (Lipinski definition) is 1. The Morgan fingerprint density at radius 2 is 1.30 bits per heavy atom. The minimum absolute atomic E-state index is 0.0777. The summed E-state index contributed by atoms with van der Waals surface area (Å²) in [6, 6.07) is 7.71. The topological polar surface area (TPSA) is 44.0 Å². The lowest BCUT2D eigenvalue weighted by atomic mass is 9.99. The van der Waals surface area contributed by atoms with E-state index in [9.17, 15) is 40.2 Å². The van der Waals surface area contributed by atoms with Crippen LogP contribution >= 0.6 is 27.5 Å². The minimum atomic E-state index is -4.65. The molecule has 3 aromatic rings. The summed E-state index contributed by atoms with van der Waals surface area (Å²) in [7, 11) is 0. The average molecular weight is 559 g/mol. The average Bonchev–Trinajstić information content (AvgIpc) is 2.70. The number of aromatic hydroxyl groups is 1. The zero-order valence-corrected chi connectivity index (χ0v) is 18.1. The number of rotatable bonds is 1. The van der Waals surface area contributed by atoms with E-state index in [0.29, 0.717) is 30.3 Å². The van der Waals surface area contributed by atoms with Crippen molar-refractivity contribution in [2.24, 2.45) is 0 Å². The van der Waals surface area contributed by atoms with Gasteiger partial charge >= 0.3 is 12.4 Å². The molecule has 0 unspecified atom stereocenters. The summed E-state index contributed by atoms with van der Waals surface area (Å²) < 4.78 is 99.9. The Bertz CT molecular complexity index is 1220. The molecule has 0 aliphatic rings. The molecule has 0 atom stereocenters. The summed E-state index contributed by atoms with van der Waals surface area (Å²) in [6.45, 7) is 0. The Kier molecular flexibility index (Phi) is 7.98. The van der Waals surface area contributed by atoms with Crippen LogP contribution in [-0.4, -0.2) is 5.11 Å². The molecule has 0 aliphatic heterocycles. The van der Waals surface area contributed by atoms with Gasteiger partial charge in [-0.2, -0.15) is 31.6 Å². The number of alkyl halides is 6. The molecule has 0 saturated carbocycles. The fourth-order valence-corrected chi connectivity index (χ4v) is 3.02. The number of phenols is 1. The summed E-state index contributed by atoms with van der Waals surface area (Å²) >= 11 is 8.34. The highest BCUT2D eigenvalue weighted by atomic mass is 79.9. The number of nitrogens with zero attached hydrogens (tertiary/aromatic N) is 1. The molecule has 0 spiro atoms. The SMILES string of the molecule is Fc1ccc(C(F)(F)F)cc1Br.N#Cc1cc(-c2cc(C(F)(F)F)ccc2F)c(O)cc1Cl. The first-order valence-corrected chi connectivity index (χ1v) is 9.64. The molecule has 0 bridgehead atoms. The molecule has 0 radical (unpaired) electrons. The molecule has 3 aromatic carbocycles. The first-order chi connectivity index (χ1) is 15.1. The molecule has 3 rings (SSSR count). The largest absolute Gasteiger partial charge is 0.507 e. The number of phenolic OH excluding ortho intramolecular Hbond substituents is 1. The Labute approximate surface area is 194 Å². The third-order valence-corrected chi connectivity index (χ3v) is 4.96. The Hall–Kier alpha value is -2.84. The summed E-state index contributed by atoms with van der Waals surface area (Å²) in [5.74, 6) is -2.18. The molecule has 0 aliphatic carbocycles. The molecule has 2 nitrogen and oxygen atoms in total. The highest BCUT2D eigenvalue weighted by Crippen LogP contribution is 2.38. The number of hydrogen-bond acceptors (Lipinski definition) is 2. The second-order valence-corrected chi connectivity index (χ2v) is 7.54. The Balaban J connectivity index is 0.000000273. The number of benzene rings is 3. The fourth-order valence-electron chi connectivity index (χ4n) is 2.44. The van der Waals surface area contributed by atoms with Crippen LogP contribution < -0.4 is 0 Å². The molecule has 0 aromatic heterocycles. The van der Waals surface area contributed by atoms with E-state index in [0.717, 1.165) is 18.2 Å². The van der Waals surface area contributed by atoms with E-state index in [2.05, 4.69) is 15.9 Å². The van der Waals surface area contributed by atoms with Crippen LogP contribution in [0.15, 0.2) is 53.0 Å². The van der Waals surface area contributed by atoms with E-state index in [1.165, 1.54) is 0 Å². The van der Waals surface area contributed by atoms with Crippen LogP contribution in [0.1, 0.15) is 16.7 Å².